The Bertz CT molecular complexity index is 1150. The molecule has 2 bridgehead atoms. The van der Waals surface area contributed by atoms with Crippen molar-refractivity contribution in [1.29, 1.82) is 0 Å². The van der Waals surface area contributed by atoms with Gasteiger partial charge in [0.1, 0.15) is 6.04 Å². The second kappa shape index (κ2) is 9.48. The monoisotopic (exact) mass is 513 g/mol. The van der Waals surface area contributed by atoms with Crippen molar-refractivity contribution in [2.24, 2.45) is 17.8 Å². The van der Waals surface area contributed by atoms with Crippen LogP contribution in [-0.2, 0) is 20.9 Å². The van der Waals surface area contributed by atoms with Crippen LogP contribution in [0.15, 0.2) is 54.6 Å². The minimum Gasteiger partial charge on any atom is -0.395 e. The maximum absolute atomic E-state index is 13.7. The van der Waals surface area contributed by atoms with Gasteiger partial charge in [0.05, 0.1) is 33.9 Å². The number of anilines is 1. The standard InChI is InChI=1S/C26H28ClN3O4S/c1-15-13-19-20(23(32)28-14-16-7-3-2-4-8-16)21-25(34)30(11-12-31)22(26(15,21)35-19)24(33)29-18-10-6-5-9-17(18)27/h2-10,15,19-22,31H,11-14H2,1H3,(H,28,32)(H,29,33)/t15?,19-,20+,21-,22?,26?/m0/s1. The molecule has 3 aliphatic heterocycles. The summed E-state index contributed by atoms with van der Waals surface area (Å²) in [6, 6.07) is 15.8. The van der Waals surface area contributed by atoms with Crippen LogP contribution < -0.4 is 10.6 Å². The number of β-amino-alcohol motifs (C(OH)–C–C–N with tert-alkyl or cyclic N) is 1. The number of amides is 3. The van der Waals surface area contributed by atoms with Gasteiger partial charge in [0, 0.05) is 18.3 Å². The van der Waals surface area contributed by atoms with E-state index in [0.29, 0.717) is 17.3 Å². The smallest absolute Gasteiger partial charge is 0.248 e. The molecule has 1 spiro atoms. The molecule has 6 atom stereocenters. The highest BCUT2D eigenvalue weighted by Crippen LogP contribution is 2.68. The molecule has 5 rings (SSSR count). The van der Waals surface area contributed by atoms with Crippen molar-refractivity contribution in [3.05, 3.63) is 65.2 Å². The molecule has 0 aliphatic carbocycles. The first-order valence-corrected chi connectivity index (χ1v) is 13.1. The Balaban J connectivity index is 1.45. The van der Waals surface area contributed by atoms with Crippen molar-refractivity contribution in [3.63, 3.8) is 0 Å². The van der Waals surface area contributed by atoms with Crippen molar-refractivity contribution in [2.45, 2.75) is 35.9 Å². The highest BCUT2D eigenvalue weighted by Gasteiger charge is 2.75. The molecule has 7 nitrogen and oxygen atoms in total. The summed E-state index contributed by atoms with van der Waals surface area (Å²) in [4.78, 5) is 42.3. The van der Waals surface area contributed by atoms with E-state index in [1.54, 1.807) is 36.0 Å². The lowest BCUT2D eigenvalue weighted by atomic mass is 9.66. The molecule has 3 fully saturated rings. The average molecular weight is 514 g/mol. The molecule has 0 aromatic heterocycles. The highest BCUT2D eigenvalue weighted by molar-refractivity contribution is 8.02. The third kappa shape index (κ3) is 3.92. The van der Waals surface area contributed by atoms with Gasteiger partial charge in [0.15, 0.2) is 0 Å². The zero-order valence-electron chi connectivity index (χ0n) is 19.3. The van der Waals surface area contributed by atoms with Gasteiger partial charge in [0.25, 0.3) is 0 Å². The number of rotatable bonds is 7. The Morgan fingerprint density at radius 2 is 1.86 bits per heavy atom. The van der Waals surface area contributed by atoms with Crippen molar-refractivity contribution in [2.75, 3.05) is 18.5 Å². The lowest BCUT2D eigenvalue weighted by Gasteiger charge is -2.38. The molecule has 2 aromatic carbocycles. The molecule has 35 heavy (non-hydrogen) atoms. The van der Waals surface area contributed by atoms with Crippen LogP contribution in [0, 0.1) is 17.8 Å². The van der Waals surface area contributed by atoms with Gasteiger partial charge >= 0.3 is 0 Å². The van der Waals surface area contributed by atoms with Gasteiger partial charge in [-0.2, -0.15) is 0 Å². The Morgan fingerprint density at radius 1 is 1.14 bits per heavy atom. The van der Waals surface area contributed by atoms with Gasteiger partial charge in [0.2, 0.25) is 17.7 Å². The van der Waals surface area contributed by atoms with E-state index in [1.165, 1.54) is 4.90 Å². The minimum atomic E-state index is -0.805. The molecule has 2 aromatic rings. The van der Waals surface area contributed by atoms with Gasteiger partial charge < -0.3 is 20.6 Å². The van der Waals surface area contributed by atoms with E-state index in [-0.39, 0.29) is 42.0 Å². The van der Waals surface area contributed by atoms with Crippen LogP contribution in [0.1, 0.15) is 18.9 Å². The number of para-hydroxylation sites is 1. The maximum Gasteiger partial charge on any atom is 0.248 e. The summed E-state index contributed by atoms with van der Waals surface area (Å²) in [5, 5.41) is 16.0. The number of hydrogen-bond donors (Lipinski definition) is 3. The second-order valence-electron chi connectivity index (χ2n) is 9.48. The number of hydrogen-bond acceptors (Lipinski definition) is 5. The molecule has 3 amide bonds. The number of fused-ring (bicyclic) bond motifs is 1. The fraction of sp³-hybridized carbons (Fsp3) is 0.423. The fourth-order valence-electron chi connectivity index (χ4n) is 6.13. The SMILES string of the molecule is CC1C[C@@H]2SC13C(C(=O)Nc1ccccc1Cl)N(CCO)C(=O)[C@@H]3[C@@H]2C(=O)NCc1ccccc1. The van der Waals surface area contributed by atoms with E-state index in [4.69, 9.17) is 11.6 Å². The minimum absolute atomic E-state index is 0.0357. The molecule has 3 aliphatic rings. The number of benzene rings is 2. The lowest BCUT2D eigenvalue weighted by molar-refractivity contribution is -0.140. The van der Waals surface area contributed by atoms with E-state index < -0.39 is 22.6 Å². The van der Waals surface area contributed by atoms with Crippen LogP contribution >= 0.6 is 23.4 Å². The summed E-state index contributed by atoms with van der Waals surface area (Å²) in [6.07, 6.45) is 0.751. The summed E-state index contributed by atoms with van der Waals surface area (Å²) in [5.74, 6) is -1.82. The van der Waals surface area contributed by atoms with Crippen molar-refractivity contribution in [3.8, 4) is 0 Å². The van der Waals surface area contributed by atoms with Gasteiger partial charge in [-0.15, -0.1) is 11.8 Å². The van der Waals surface area contributed by atoms with Gasteiger partial charge in [-0.25, -0.2) is 0 Å². The number of thioether (sulfide) groups is 1. The Kier molecular flexibility index (Phi) is 6.55. The number of likely N-dealkylation sites (tertiary alicyclic amines) is 1. The predicted molar refractivity (Wildman–Crippen MR) is 136 cm³/mol. The Hall–Kier alpha value is -2.55. The van der Waals surface area contributed by atoms with Gasteiger partial charge in [-0.1, -0.05) is 61.0 Å². The zero-order chi connectivity index (χ0) is 24.7. The van der Waals surface area contributed by atoms with Crippen molar-refractivity contribution < 1.29 is 19.5 Å². The second-order valence-corrected chi connectivity index (χ2v) is 11.4. The quantitative estimate of drug-likeness (QED) is 0.529. The molecule has 9 heteroatoms. The number of nitrogens with zero attached hydrogens (tertiary/aromatic N) is 1. The number of nitrogens with one attached hydrogen (secondary N) is 2. The molecule has 0 saturated carbocycles. The summed E-state index contributed by atoms with van der Waals surface area (Å²) in [6.45, 7) is 2.21. The third-order valence-corrected chi connectivity index (χ3v) is 9.98. The van der Waals surface area contributed by atoms with Crippen LogP contribution in [0.5, 0.6) is 0 Å². The average Bonchev–Trinajstić information content (AvgIpc) is 3.44. The lowest BCUT2D eigenvalue weighted by Crippen LogP contribution is -2.55. The third-order valence-electron chi connectivity index (χ3n) is 7.58. The summed E-state index contributed by atoms with van der Waals surface area (Å²) >= 11 is 7.88. The van der Waals surface area contributed by atoms with Gasteiger partial charge in [-0.3, -0.25) is 14.4 Å². The normalized spacial score (nSPS) is 30.9. The molecule has 3 heterocycles. The summed E-state index contributed by atoms with van der Waals surface area (Å²) in [7, 11) is 0. The molecule has 3 N–H and O–H groups in total. The fourth-order valence-corrected chi connectivity index (χ4v) is 8.74. The molecule has 184 valence electrons. The van der Waals surface area contributed by atoms with E-state index in [1.807, 2.05) is 30.3 Å². The summed E-state index contributed by atoms with van der Waals surface area (Å²) in [5.41, 5.74) is 1.45. The number of halogens is 1. The highest BCUT2D eigenvalue weighted by atomic mass is 35.5. The van der Waals surface area contributed by atoms with Crippen LogP contribution in [0.4, 0.5) is 5.69 Å². The van der Waals surface area contributed by atoms with E-state index in [2.05, 4.69) is 17.6 Å². The van der Waals surface area contributed by atoms with Crippen LogP contribution in [0.3, 0.4) is 0 Å². The first-order valence-electron chi connectivity index (χ1n) is 11.8. The number of aliphatic hydroxyl groups excluding tert-OH is 1. The molecule has 3 saturated heterocycles. The number of carbonyl (C=O) groups is 3. The molecular weight excluding hydrogens is 486 g/mol. The van der Waals surface area contributed by atoms with Crippen LogP contribution in [0.25, 0.3) is 0 Å². The number of aliphatic hydroxyl groups is 1. The Morgan fingerprint density at radius 3 is 2.57 bits per heavy atom. The first kappa shape index (κ1) is 24.2. The molecule has 3 unspecified atom stereocenters. The largest absolute Gasteiger partial charge is 0.395 e. The van der Waals surface area contributed by atoms with E-state index in [0.717, 1.165) is 12.0 Å². The topological polar surface area (TPSA) is 98.7 Å². The van der Waals surface area contributed by atoms with Gasteiger partial charge in [-0.05, 0) is 30.0 Å². The molecule has 0 radical (unpaired) electrons. The van der Waals surface area contributed by atoms with Crippen molar-refractivity contribution >= 4 is 46.8 Å². The molecular formula is C26H28ClN3O4S. The Labute approximate surface area is 213 Å². The zero-order valence-corrected chi connectivity index (χ0v) is 20.9. The van der Waals surface area contributed by atoms with Crippen LogP contribution in [-0.4, -0.2) is 56.9 Å². The first-order chi connectivity index (χ1) is 16.9. The maximum atomic E-state index is 13.7. The predicted octanol–water partition coefficient (Wildman–Crippen LogP) is 2.92. The van der Waals surface area contributed by atoms with E-state index in [9.17, 15) is 19.5 Å². The van der Waals surface area contributed by atoms with Crippen molar-refractivity contribution in [1.82, 2.24) is 10.2 Å². The summed E-state index contributed by atoms with van der Waals surface area (Å²) < 4.78 is -0.739. The number of carbonyl (C=O) groups excluding carboxylic acids is 3. The van der Waals surface area contributed by atoms with Crippen LogP contribution in [0.2, 0.25) is 5.02 Å². The van der Waals surface area contributed by atoms with E-state index >= 15 is 0 Å².